The lowest BCUT2D eigenvalue weighted by Crippen LogP contribution is -2.50. The number of hydrogen-bond donors (Lipinski definition) is 0. The summed E-state index contributed by atoms with van der Waals surface area (Å²) in [7, 11) is -3.82. The summed E-state index contributed by atoms with van der Waals surface area (Å²) in [5.74, 6) is -0.910. The van der Waals surface area contributed by atoms with E-state index in [4.69, 9.17) is 11.6 Å². The van der Waals surface area contributed by atoms with Crippen molar-refractivity contribution in [1.82, 2.24) is 14.2 Å². The van der Waals surface area contributed by atoms with Gasteiger partial charge in [0, 0.05) is 37.8 Å². The molecule has 0 spiro atoms. The predicted octanol–water partition coefficient (Wildman–Crippen LogP) is 3.17. The van der Waals surface area contributed by atoms with Gasteiger partial charge in [0.25, 0.3) is 5.91 Å². The maximum atomic E-state index is 13.4. The van der Waals surface area contributed by atoms with Crippen LogP contribution in [0.2, 0.25) is 5.02 Å². The molecule has 0 atom stereocenters. The monoisotopic (exact) mass is 433 g/mol. The molecule has 1 saturated heterocycles. The summed E-state index contributed by atoms with van der Waals surface area (Å²) in [6, 6.07) is 12.6. The van der Waals surface area contributed by atoms with E-state index in [1.54, 1.807) is 11.1 Å². The highest BCUT2D eigenvalue weighted by molar-refractivity contribution is 7.89. The Morgan fingerprint density at radius 1 is 1.03 bits per heavy atom. The molecule has 1 fully saturated rings. The minimum absolute atomic E-state index is 0.0700. The Labute approximate surface area is 172 Å². The highest BCUT2D eigenvalue weighted by Crippen LogP contribution is 2.24. The number of piperazine rings is 1. The molecule has 0 radical (unpaired) electrons. The predicted molar refractivity (Wildman–Crippen MR) is 108 cm³/mol. The fraction of sp³-hybridized carbons (Fsp3) is 0.200. The third-order valence-electron chi connectivity index (χ3n) is 4.93. The van der Waals surface area contributed by atoms with E-state index in [0.717, 1.165) is 22.9 Å². The molecule has 4 rings (SSSR count). The van der Waals surface area contributed by atoms with Crippen molar-refractivity contribution in [3.05, 3.63) is 71.3 Å². The number of sulfonamides is 1. The van der Waals surface area contributed by atoms with Crippen LogP contribution in [0.4, 0.5) is 4.39 Å². The number of amides is 1. The molecular weight excluding hydrogens is 417 g/mol. The number of hydrogen-bond acceptors (Lipinski definition) is 4. The van der Waals surface area contributed by atoms with E-state index in [-0.39, 0.29) is 42.0 Å². The number of aromatic nitrogens is 1. The average molecular weight is 434 g/mol. The van der Waals surface area contributed by atoms with Crippen LogP contribution in [0.25, 0.3) is 10.8 Å². The number of rotatable bonds is 3. The van der Waals surface area contributed by atoms with Gasteiger partial charge < -0.3 is 4.90 Å². The van der Waals surface area contributed by atoms with E-state index < -0.39 is 15.8 Å². The minimum atomic E-state index is -3.82. The first-order chi connectivity index (χ1) is 13.9. The molecule has 0 saturated carbocycles. The molecule has 1 aliphatic rings. The summed E-state index contributed by atoms with van der Waals surface area (Å²) in [6.45, 7) is 0.734. The van der Waals surface area contributed by atoms with Crippen molar-refractivity contribution in [2.24, 2.45) is 0 Å². The third-order valence-corrected chi connectivity index (χ3v) is 7.12. The van der Waals surface area contributed by atoms with Gasteiger partial charge in [-0.05, 0) is 29.7 Å². The van der Waals surface area contributed by atoms with Crippen LogP contribution in [0.3, 0.4) is 0 Å². The molecule has 0 N–H and O–H groups in total. The van der Waals surface area contributed by atoms with Crippen LogP contribution in [0, 0.1) is 5.82 Å². The van der Waals surface area contributed by atoms with Crippen LogP contribution in [-0.4, -0.2) is 54.7 Å². The van der Waals surface area contributed by atoms with Gasteiger partial charge in [-0.25, -0.2) is 12.8 Å². The average Bonchev–Trinajstić information content (AvgIpc) is 2.74. The van der Waals surface area contributed by atoms with Gasteiger partial charge in [-0.3, -0.25) is 9.78 Å². The molecule has 1 aliphatic heterocycles. The van der Waals surface area contributed by atoms with Gasteiger partial charge in [0.15, 0.2) is 0 Å². The molecule has 1 amide bonds. The second-order valence-corrected chi connectivity index (χ2v) is 9.00. The van der Waals surface area contributed by atoms with E-state index in [1.807, 2.05) is 30.3 Å². The van der Waals surface area contributed by atoms with Crippen molar-refractivity contribution in [3.8, 4) is 0 Å². The summed E-state index contributed by atoms with van der Waals surface area (Å²) < 4.78 is 40.2. The first-order valence-electron chi connectivity index (χ1n) is 8.96. The fourth-order valence-corrected chi connectivity index (χ4v) is 5.05. The number of fused-ring (bicyclic) bond motifs is 1. The zero-order chi connectivity index (χ0) is 20.6. The first-order valence-corrected chi connectivity index (χ1v) is 10.8. The van der Waals surface area contributed by atoms with Crippen molar-refractivity contribution < 1.29 is 17.6 Å². The summed E-state index contributed by atoms with van der Waals surface area (Å²) in [6.07, 6.45) is 1.59. The summed E-state index contributed by atoms with van der Waals surface area (Å²) >= 11 is 5.72. The topological polar surface area (TPSA) is 70.6 Å². The third kappa shape index (κ3) is 3.71. The number of benzene rings is 2. The van der Waals surface area contributed by atoms with Crippen LogP contribution < -0.4 is 0 Å². The van der Waals surface area contributed by atoms with Crippen molar-refractivity contribution in [1.29, 1.82) is 0 Å². The molecular formula is C20H17ClFN3O3S. The summed E-state index contributed by atoms with van der Waals surface area (Å²) in [4.78, 5) is 18.7. The number of carbonyl (C=O) groups excluding carboxylic acids is 1. The minimum Gasteiger partial charge on any atom is -0.335 e. The normalized spacial score (nSPS) is 15.6. The van der Waals surface area contributed by atoms with Crippen molar-refractivity contribution in [2.75, 3.05) is 26.2 Å². The van der Waals surface area contributed by atoms with Crippen LogP contribution in [-0.2, 0) is 10.0 Å². The van der Waals surface area contributed by atoms with Gasteiger partial charge in [0.1, 0.15) is 11.5 Å². The van der Waals surface area contributed by atoms with Crippen molar-refractivity contribution in [2.45, 2.75) is 4.90 Å². The molecule has 6 nitrogen and oxygen atoms in total. The van der Waals surface area contributed by atoms with Crippen LogP contribution in [0.15, 0.2) is 59.6 Å². The van der Waals surface area contributed by atoms with Crippen molar-refractivity contribution in [3.63, 3.8) is 0 Å². The lowest BCUT2D eigenvalue weighted by Gasteiger charge is -2.34. The van der Waals surface area contributed by atoms with E-state index in [9.17, 15) is 17.6 Å². The Morgan fingerprint density at radius 2 is 1.76 bits per heavy atom. The highest BCUT2D eigenvalue weighted by atomic mass is 35.5. The van der Waals surface area contributed by atoms with Gasteiger partial charge in [0.2, 0.25) is 10.0 Å². The highest BCUT2D eigenvalue weighted by Gasteiger charge is 2.31. The Balaban J connectivity index is 1.51. The van der Waals surface area contributed by atoms with Gasteiger partial charge in [-0.15, -0.1) is 0 Å². The molecule has 29 heavy (non-hydrogen) atoms. The number of pyridine rings is 1. The Bertz CT molecular complexity index is 1190. The largest absolute Gasteiger partial charge is 0.335 e. The zero-order valence-corrected chi connectivity index (χ0v) is 16.8. The molecule has 2 aromatic carbocycles. The van der Waals surface area contributed by atoms with Crippen molar-refractivity contribution >= 4 is 38.3 Å². The molecule has 3 aromatic rings. The first kappa shape index (κ1) is 19.8. The summed E-state index contributed by atoms with van der Waals surface area (Å²) in [5, 5.41) is 1.43. The Kier molecular flexibility index (Phi) is 5.24. The van der Waals surface area contributed by atoms with Gasteiger partial charge in [0.05, 0.1) is 9.92 Å². The SMILES string of the molecule is O=C(c1nccc2ccccc12)N1CCN(S(=O)(=O)c2ccc(F)c(Cl)c2)CC1. The zero-order valence-electron chi connectivity index (χ0n) is 15.3. The van der Waals surface area contributed by atoms with E-state index >= 15 is 0 Å². The fourth-order valence-electron chi connectivity index (χ4n) is 3.36. The molecule has 9 heteroatoms. The molecule has 2 heterocycles. The second-order valence-electron chi connectivity index (χ2n) is 6.65. The van der Waals surface area contributed by atoms with Gasteiger partial charge >= 0.3 is 0 Å². The number of halogens is 2. The molecule has 1 aromatic heterocycles. The lowest BCUT2D eigenvalue weighted by molar-refractivity contribution is 0.0694. The Hall–Kier alpha value is -2.55. The van der Waals surface area contributed by atoms with Crippen LogP contribution in [0.5, 0.6) is 0 Å². The molecule has 150 valence electrons. The van der Waals surface area contributed by atoms with Gasteiger partial charge in [-0.2, -0.15) is 4.31 Å². The molecule has 0 aliphatic carbocycles. The van der Waals surface area contributed by atoms with E-state index in [0.29, 0.717) is 5.69 Å². The van der Waals surface area contributed by atoms with E-state index in [1.165, 1.54) is 10.4 Å². The van der Waals surface area contributed by atoms with Crippen LogP contribution >= 0.6 is 11.6 Å². The lowest BCUT2D eigenvalue weighted by atomic mass is 10.1. The second kappa shape index (κ2) is 7.70. The Morgan fingerprint density at radius 3 is 2.48 bits per heavy atom. The smallest absolute Gasteiger partial charge is 0.273 e. The maximum absolute atomic E-state index is 13.4. The summed E-state index contributed by atoms with van der Waals surface area (Å²) in [5.41, 5.74) is 0.352. The number of carbonyl (C=O) groups is 1. The van der Waals surface area contributed by atoms with Crippen LogP contribution in [0.1, 0.15) is 10.5 Å². The molecule has 0 bridgehead atoms. The maximum Gasteiger partial charge on any atom is 0.273 e. The van der Waals surface area contributed by atoms with Gasteiger partial charge in [-0.1, -0.05) is 35.9 Å². The standard InChI is InChI=1S/C20H17ClFN3O3S/c21-17-13-15(5-6-18(17)22)29(27,28)25-11-9-24(10-12-25)20(26)19-16-4-2-1-3-14(16)7-8-23-19/h1-8,13H,9-12H2. The molecule has 0 unspecified atom stereocenters. The van der Waals surface area contributed by atoms with E-state index in [2.05, 4.69) is 4.98 Å². The quantitative estimate of drug-likeness (QED) is 0.636. The number of nitrogens with zero attached hydrogens (tertiary/aromatic N) is 3.